The van der Waals surface area contributed by atoms with Crippen molar-refractivity contribution in [2.75, 3.05) is 0 Å². The second-order valence-electron chi connectivity index (χ2n) is 5.22. The monoisotopic (exact) mass is 427 g/mol. The van der Waals surface area contributed by atoms with E-state index in [2.05, 4.69) is 27.0 Å². The highest BCUT2D eigenvalue weighted by molar-refractivity contribution is 9.10. The maximum Gasteiger partial charge on any atom is 0.311 e. The highest BCUT2D eigenvalue weighted by Gasteiger charge is 2.14. The predicted octanol–water partition coefficient (Wildman–Crippen LogP) is 5.25. The van der Waals surface area contributed by atoms with Crippen molar-refractivity contribution in [3.8, 4) is 23.1 Å². The molecule has 0 saturated heterocycles. The molecule has 0 bridgehead atoms. The van der Waals surface area contributed by atoms with E-state index in [0.717, 1.165) is 15.7 Å². The molecule has 3 aromatic rings. The minimum atomic E-state index is -0.673. The molecule has 6 nitrogen and oxygen atoms in total. The van der Waals surface area contributed by atoms with Crippen molar-refractivity contribution in [1.29, 1.82) is 5.26 Å². The minimum absolute atomic E-state index is 0.290. The van der Waals surface area contributed by atoms with Gasteiger partial charge in [-0.15, -0.1) is 11.3 Å². The van der Waals surface area contributed by atoms with Crippen LogP contribution in [0.15, 0.2) is 52.3 Å². The van der Waals surface area contributed by atoms with Gasteiger partial charge in [0.1, 0.15) is 11.1 Å². The summed E-state index contributed by atoms with van der Waals surface area (Å²) in [7, 11) is 0. The summed E-state index contributed by atoms with van der Waals surface area (Å²) in [6.45, 7) is 0. The fraction of sp³-hybridized carbons (Fsp3) is 0. The quantitative estimate of drug-likeness (QED) is 0.348. The Morgan fingerprint density at radius 2 is 2.04 bits per heavy atom. The molecule has 26 heavy (non-hydrogen) atoms. The van der Waals surface area contributed by atoms with Crippen LogP contribution in [0.25, 0.3) is 22.9 Å². The lowest BCUT2D eigenvalue weighted by Crippen LogP contribution is -1.89. The van der Waals surface area contributed by atoms with Crippen LogP contribution in [0.4, 0.5) is 5.69 Å². The maximum atomic E-state index is 10.9. The molecule has 1 heterocycles. The molecular weight excluding hydrogens is 418 g/mol. The Morgan fingerprint density at radius 3 is 2.69 bits per heavy atom. The molecule has 0 amide bonds. The van der Waals surface area contributed by atoms with Crippen LogP contribution in [0.5, 0.6) is 5.75 Å². The number of aromatic nitrogens is 1. The first-order valence-corrected chi connectivity index (χ1v) is 8.96. The number of phenols is 1. The third-order valence-electron chi connectivity index (χ3n) is 3.50. The number of nitriles is 1. The van der Waals surface area contributed by atoms with Crippen LogP contribution in [-0.2, 0) is 0 Å². The Kier molecular flexibility index (Phi) is 5.11. The molecule has 0 fully saturated rings. The SMILES string of the molecule is N#C/C(=C\c1ccc(O)c([N+](=O)[O-])c1)c1nc(-c2ccc(Br)cc2)cs1. The minimum Gasteiger partial charge on any atom is -0.502 e. The van der Waals surface area contributed by atoms with Gasteiger partial charge in [0.2, 0.25) is 0 Å². The van der Waals surface area contributed by atoms with Crippen molar-refractivity contribution < 1.29 is 10.0 Å². The summed E-state index contributed by atoms with van der Waals surface area (Å²) >= 11 is 4.70. The Labute approximate surface area is 161 Å². The van der Waals surface area contributed by atoms with Gasteiger partial charge in [-0.2, -0.15) is 5.26 Å². The molecule has 2 aromatic carbocycles. The third kappa shape index (κ3) is 3.79. The van der Waals surface area contributed by atoms with E-state index < -0.39 is 16.4 Å². The van der Waals surface area contributed by atoms with Gasteiger partial charge in [-0.05, 0) is 29.8 Å². The Bertz CT molecular complexity index is 1050. The highest BCUT2D eigenvalue weighted by atomic mass is 79.9. The van der Waals surface area contributed by atoms with Gasteiger partial charge in [0.25, 0.3) is 0 Å². The third-order valence-corrected chi connectivity index (χ3v) is 4.91. The zero-order valence-corrected chi connectivity index (χ0v) is 15.5. The lowest BCUT2D eigenvalue weighted by molar-refractivity contribution is -0.385. The predicted molar refractivity (Wildman–Crippen MR) is 103 cm³/mol. The second-order valence-corrected chi connectivity index (χ2v) is 6.99. The lowest BCUT2D eigenvalue weighted by atomic mass is 10.1. The van der Waals surface area contributed by atoms with Gasteiger partial charge in [0.15, 0.2) is 5.75 Å². The van der Waals surface area contributed by atoms with E-state index in [4.69, 9.17) is 0 Å². The topological polar surface area (TPSA) is 100 Å². The zero-order valence-electron chi connectivity index (χ0n) is 13.1. The average molecular weight is 428 g/mol. The smallest absolute Gasteiger partial charge is 0.311 e. The van der Waals surface area contributed by atoms with Gasteiger partial charge >= 0.3 is 5.69 Å². The molecule has 128 valence electrons. The van der Waals surface area contributed by atoms with E-state index in [1.54, 1.807) is 0 Å². The standard InChI is InChI=1S/C18H10BrN3O3S/c19-14-4-2-12(3-5-14)15-10-26-18(21-15)13(9-20)7-11-1-6-17(23)16(8-11)22(24)25/h1-8,10,23H/b13-7+. The van der Waals surface area contributed by atoms with Gasteiger partial charge in [-0.1, -0.05) is 34.1 Å². The van der Waals surface area contributed by atoms with Crippen LogP contribution in [0, 0.1) is 21.4 Å². The summed E-state index contributed by atoms with van der Waals surface area (Å²) < 4.78 is 0.961. The van der Waals surface area contributed by atoms with Crippen LogP contribution in [0.3, 0.4) is 0 Å². The average Bonchev–Trinajstić information content (AvgIpc) is 3.11. The van der Waals surface area contributed by atoms with Crippen molar-refractivity contribution >= 4 is 44.6 Å². The number of halogens is 1. The van der Waals surface area contributed by atoms with Crippen molar-refractivity contribution in [2.24, 2.45) is 0 Å². The normalized spacial score (nSPS) is 11.2. The molecule has 8 heteroatoms. The fourth-order valence-corrected chi connectivity index (χ4v) is 3.29. The largest absolute Gasteiger partial charge is 0.502 e. The van der Waals surface area contributed by atoms with Crippen molar-refractivity contribution in [1.82, 2.24) is 4.98 Å². The Balaban J connectivity index is 1.96. The molecule has 0 unspecified atom stereocenters. The summed E-state index contributed by atoms with van der Waals surface area (Å²) in [5.74, 6) is -0.419. The maximum absolute atomic E-state index is 10.9. The molecule has 0 aliphatic rings. The van der Waals surface area contributed by atoms with Gasteiger partial charge in [0, 0.05) is 21.5 Å². The van der Waals surface area contributed by atoms with Crippen LogP contribution in [-0.4, -0.2) is 15.0 Å². The second kappa shape index (κ2) is 7.47. The molecular formula is C18H10BrN3O3S. The molecule has 0 aliphatic carbocycles. The molecule has 1 N–H and O–H groups in total. The van der Waals surface area contributed by atoms with Crippen LogP contribution >= 0.6 is 27.3 Å². The summed E-state index contributed by atoms with van der Waals surface area (Å²) in [4.78, 5) is 14.7. The zero-order chi connectivity index (χ0) is 18.7. The number of nitro benzene ring substituents is 1. The number of phenolic OH excluding ortho intramolecular Hbond substituents is 1. The first kappa shape index (κ1) is 17.8. The Hall–Kier alpha value is -3.02. The summed E-state index contributed by atoms with van der Waals surface area (Å²) in [5, 5.41) is 32.3. The molecule has 0 saturated carbocycles. The van der Waals surface area contributed by atoms with Gasteiger partial charge in [-0.25, -0.2) is 4.98 Å². The number of nitro groups is 1. The van der Waals surface area contributed by atoms with Gasteiger partial charge < -0.3 is 5.11 Å². The van der Waals surface area contributed by atoms with E-state index in [1.807, 2.05) is 29.6 Å². The number of rotatable bonds is 4. The molecule has 0 aliphatic heterocycles. The lowest BCUT2D eigenvalue weighted by Gasteiger charge is -1.99. The number of hydrogen-bond donors (Lipinski definition) is 1. The van der Waals surface area contributed by atoms with E-state index in [1.165, 1.54) is 35.6 Å². The number of allylic oxidation sites excluding steroid dienone is 1. The van der Waals surface area contributed by atoms with Crippen LogP contribution < -0.4 is 0 Å². The van der Waals surface area contributed by atoms with Crippen LogP contribution in [0.1, 0.15) is 10.6 Å². The molecule has 3 rings (SSSR count). The molecule has 0 radical (unpaired) electrons. The van der Waals surface area contributed by atoms with E-state index in [0.29, 0.717) is 16.1 Å². The van der Waals surface area contributed by atoms with Crippen molar-refractivity contribution in [3.05, 3.63) is 73.0 Å². The van der Waals surface area contributed by atoms with Crippen LogP contribution in [0.2, 0.25) is 0 Å². The number of aromatic hydroxyl groups is 1. The summed E-state index contributed by atoms with van der Waals surface area (Å²) in [6, 6.07) is 13.7. The molecule has 0 atom stereocenters. The number of hydrogen-bond acceptors (Lipinski definition) is 6. The van der Waals surface area contributed by atoms with Gasteiger partial charge in [0.05, 0.1) is 16.2 Å². The van der Waals surface area contributed by atoms with Crippen molar-refractivity contribution in [2.45, 2.75) is 0 Å². The van der Waals surface area contributed by atoms with E-state index >= 15 is 0 Å². The first-order valence-electron chi connectivity index (χ1n) is 7.29. The van der Waals surface area contributed by atoms with E-state index in [-0.39, 0.29) is 0 Å². The summed E-state index contributed by atoms with van der Waals surface area (Å²) in [6.07, 6.45) is 1.51. The number of thiazole rings is 1. The fourth-order valence-electron chi connectivity index (χ4n) is 2.24. The summed E-state index contributed by atoms with van der Waals surface area (Å²) in [5.41, 5.74) is 1.99. The van der Waals surface area contributed by atoms with Crippen molar-refractivity contribution in [3.63, 3.8) is 0 Å². The highest BCUT2D eigenvalue weighted by Crippen LogP contribution is 2.30. The molecule has 1 aromatic heterocycles. The first-order chi connectivity index (χ1) is 12.5. The number of benzene rings is 2. The van der Waals surface area contributed by atoms with Gasteiger partial charge in [-0.3, -0.25) is 10.1 Å². The Morgan fingerprint density at radius 1 is 1.31 bits per heavy atom. The van der Waals surface area contributed by atoms with E-state index in [9.17, 15) is 20.5 Å². The molecule has 0 spiro atoms. The number of nitrogens with zero attached hydrogens (tertiary/aromatic N) is 3.